The molecule has 0 aliphatic heterocycles. The highest BCUT2D eigenvalue weighted by Gasteiger charge is 2.15. The molecule has 26 heavy (non-hydrogen) atoms. The summed E-state index contributed by atoms with van der Waals surface area (Å²) in [5.74, 6) is -0.670. The van der Waals surface area contributed by atoms with Gasteiger partial charge in [-0.05, 0) is 42.0 Å². The van der Waals surface area contributed by atoms with Gasteiger partial charge in [0.1, 0.15) is 0 Å². The van der Waals surface area contributed by atoms with E-state index in [1.807, 2.05) is 0 Å². The van der Waals surface area contributed by atoms with Crippen molar-refractivity contribution in [2.75, 3.05) is 5.32 Å². The highest BCUT2D eigenvalue weighted by atomic mass is 32.2. The summed E-state index contributed by atoms with van der Waals surface area (Å²) in [6, 6.07) is 17.4. The summed E-state index contributed by atoms with van der Waals surface area (Å²) in [7, 11) is -3.44. The Kier molecular flexibility index (Phi) is 4.99. The number of aromatic hydroxyl groups is 1. The lowest BCUT2D eigenvalue weighted by Gasteiger charge is -2.07. The van der Waals surface area contributed by atoms with Crippen LogP contribution in [0.25, 0.3) is 0 Å². The number of hydrogen-bond donors (Lipinski definition) is 2. The molecule has 0 radical (unpaired) electrons. The lowest BCUT2D eigenvalue weighted by Crippen LogP contribution is -2.13. The molecule has 6 nitrogen and oxygen atoms in total. The number of sulfone groups is 1. The molecule has 1 heterocycles. The molecule has 2 N–H and O–H groups in total. The van der Waals surface area contributed by atoms with E-state index in [9.17, 15) is 18.3 Å². The van der Waals surface area contributed by atoms with E-state index >= 15 is 0 Å². The largest absolute Gasteiger partial charge is 0.504 e. The molecule has 132 valence electrons. The molecule has 0 bridgehead atoms. The van der Waals surface area contributed by atoms with Crippen LogP contribution in [0.1, 0.15) is 15.9 Å². The Labute approximate surface area is 151 Å². The van der Waals surface area contributed by atoms with Crippen LogP contribution in [0.3, 0.4) is 0 Å². The summed E-state index contributed by atoms with van der Waals surface area (Å²) in [5.41, 5.74) is 0.905. The molecule has 1 amide bonds. The number of pyridine rings is 1. The molecule has 0 saturated heterocycles. The van der Waals surface area contributed by atoms with Crippen LogP contribution in [-0.2, 0) is 15.6 Å². The predicted molar refractivity (Wildman–Crippen MR) is 97.6 cm³/mol. The van der Waals surface area contributed by atoms with Crippen LogP contribution in [0.5, 0.6) is 5.75 Å². The first-order valence-electron chi connectivity index (χ1n) is 7.78. The lowest BCUT2D eigenvalue weighted by atomic mass is 10.1. The summed E-state index contributed by atoms with van der Waals surface area (Å²) in [5, 5.41) is 12.1. The molecule has 0 aliphatic carbocycles. The summed E-state index contributed by atoms with van der Waals surface area (Å²) >= 11 is 0. The number of hydrogen-bond acceptors (Lipinski definition) is 5. The molecule has 3 aromatic rings. The number of nitrogens with one attached hydrogen (secondary N) is 1. The van der Waals surface area contributed by atoms with Crippen molar-refractivity contribution < 1.29 is 18.3 Å². The van der Waals surface area contributed by atoms with E-state index in [0.717, 1.165) is 0 Å². The van der Waals surface area contributed by atoms with E-state index in [1.165, 1.54) is 24.4 Å². The third-order valence-electron chi connectivity index (χ3n) is 3.69. The summed E-state index contributed by atoms with van der Waals surface area (Å²) in [6.45, 7) is 0. The van der Waals surface area contributed by atoms with Gasteiger partial charge in [0.25, 0.3) is 5.91 Å². The van der Waals surface area contributed by atoms with Gasteiger partial charge in [0.15, 0.2) is 21.4 Å². The molecular formula is C19H16N2O4S. The monoisotopic (exact) mass is 368 g/mol. The SMILES string of the molecule is O=C(Nc1ncccc1O)c1ccc(CS(=O)(=O)c2ccccc2)cc1. The van der Waals surface area contributed by atoms with Crippen LogP contribution < -0.4 is 5.32 Å². The average Bonchev–Trinajstić information content (AvgIpc) is 2.64. The normalized spacial score (nSPS) is 11.1. The predicted octanol–water partition coefficient (Wildman–Crippen LogP) is 3.01. The van der Waals surface area contributed by atoms with Crippen LogP contribution in [0.2, 0.25) is 0 Å². The van der Waals surface area contributed by atoms with Gasteiger partial charge in [0.05, 0.1) is 10.6 Å². The second-order valence-electron chi connectivity index (χ2n) is 5.59. The number of carbonyl (C=O) groups is 1. The molecule has 0 unspecified atom stereocenters. The molecule has 3 rings (SSSR count). The van der Waals surface area contributed by atoms with Crippen molar-refractivity contribution >= 4 is 21.6 Å². The Morgan fingerprint density at radius 1 is 0.962 bits per heavy atom. The first-order valence-corrected chi connectivity index (χ1v) is 9.43. The number of aromatic nitrogens is 1. The smallest absolute Gasteiger partial charge is 0.256 e. The Bertz CT molecular complexity index is 1020. The van der Waals surface area contributed by atoms with E-state index in [1.54, 1.807) is 48.5 Å². The van der Waals surface area contributed by atoms with Crippen molar-refractivity contribution in [3.63, 3.8) is 0 Å². The Morgan fingerprint density at radius 3 is 2.31 bits per heavy atom. The van der Waals surface area contributed by atoms with Crippen molar-refractivity contribution in [3.05, 3.63) is 84.1 Å². The Balaban J connectivity index is 1.72. The summed E-state index contributed by atoms with van der Waals surface area (Å²) in [4.78, 5) is 16.3. The highest BCUT2D eigenvalue weighted by molar-refractivity contribution is 7.90. The van der Waals surface area contributed by atoms with Crippen molar-refractivity contribution in [1.29, 1.82) is 0 Å². The van der Waals surface area contributed by atoms with Crippen molar-refractivity contribution in [2.45, 2.75) is 10.6 Å². The molecular weight excluding hydrogens is 352 g/mol. The lowest BCUT2D eigenvalue weighted by molar-refractivity contribution is 0.102. The van der Waals surface area contributed by atoms with Gasteiger partial charge >= 0.3 is 0 Å². The zero-order chi connectivity index (χ0) is 18.6. The number of anilines is 1. The van der Waals surface area contributed by atoms with Crippen LogP contribution in [0.4, 0.5) is 5.82 Å². The Morgan fingerprint density at radius 2 is 1.65 bits per heavy atom. The van der Waals surface area contributed by atoms with Gasteiger partial charge in [-0.2, -0.15) is 0 Å². The van der Waals surface area contributed by atoms with Gasteiger partial charge in [-0.3, -0.25) is 4.79 Å². The van der Waals surface area contributed by atoms with Gasteiger partial charge in [-0.25, -0.2) is 13.4 Å². The van der Waals surface area contributed by atoms with Crippen LogP contribution >= 0.6 is 0 Å². The first-order chi connectivity index (χ1) is 12.5. The fraction of sp³-hybridized carbons (Fsp3) is 0.0526. The minimum absolute atomic E-state index is 0.0632. The van der Waals surface area contributed by atoms with Gasteiger partial charge in [0, 0.05) is 11.8 Å². The number of nitrogens with zero attached hydrogens (tertiary/aromatic N) is 1. The van der Waals surface area contributed by atoms with Crippen LogP contribution in [0, 0.1) is 0 Å². The molecule has 0 fully saturated rings. The fourth-order valence-electron chi connectivity index (χ4n) is 2.36. The number of rotatable bonds is 5. The van der Waals surface area contributed by atoms with Crippen molar-refractivity contribution in [1.82, 2.24) is 4.98 Å². The third-order valence-corrected chi connectivity index (χ3v) is 5.40. The standard InChI is InChI=1S/C19H16N2O4S/c22-17-7-4-12-20-18(17)21-19(23)15-10-8-14(9-11-15)13-26(24,25)16-5-2-1-3-6-16/h1-12,22H,13H2,(H,20,21,23). The third kappa shape index (κ3) is 4.07. The van der Waals surface area contributed by atoms with Gasteiger partial charge < -0.3 is 10.4 Å². The summed E-state index contributed by atoms with van der Waals surface area (Å²) in [6.07, 6.45) is 1.45. The molecule has 0 saturated carbocycles. The zero-order valence-electron chi connectivity index (χ0n) is 13.7. The maximum atomic E-state index is 12.4. The minimum atomic E-state index is -3.44. The number of amides is 1. The minimum Gasteiger partial charge on any atom is -0.504 e. The van der Waals surface area contributed by atoms with Crippen LogP contribution in [-0.4, -0.2) is 24.4 Å². The van der Waals surface area contributed by atoms with Crippen molar-refractivity contribution in [2.24, 2.45) is 0 Å². The van der Waals surface area contributed by atoms with E-state index in [2.05, 4.69) is 10.3 Å². The average molecular weight is 368 g/mol. The van der Waals surface area contributed by atoms with Gasteiger partial charge in [0.2, 0.25) is 0 Å². The molecule has 0 aliphatic rings. The molecule has 2 aromatic carbocycles. The fourth-order valence-corrected chi connectivity index (χ4v) is 3.73. The van der Waals surface area contributed by atoms with Gasteiger partial charge in [-0.1, -0.05) is 30.3 Å². The van der Waals surface area contributed by atoms with E-state index in [-0.39, 0.29) is 22.2 Å². The van der Waals surface area contributed by atoms with E-state index < -0.39 is 15.7 Å². The Hall–Kier alpha value is -3.19. The molecule has 7 heteroatoms. The molecule has 1 aromatic heterocycles. The van der Waals surface area contributed by atoms with Gasteiger partial charge in [-0.15, -0.1) is 0 Å². The molecule has 0 atom stereocenters. The van der Waals surface area contributed by atoms with E-state index in [0.29, 0.717) is 11.1 Å². The topological polar surface area (TPSA) is 96.4 Å². The second kappa shape index (κ2) is 7.37. The maximum Gasteiger partial charge on any atom is 0.256 e. The van der Waals surface area contributed by atoms with E-state index in [4.69, 9.17) is 0 Å². The van der Waals surface area contributed by atoms with Crippen LogP contribution in [0.15, 0.2) is 77.8 Å². The number of benzene rings is 2. The first kappa shape index (κ1) is 17.6. The zero-order valence-corrected chi connectivity index (χ0v) is 14.5. The molecule has 0 spiro atoms. The number of carbonyl (C=O) groups excluding carboxylic acids is 1. The quantitative estimate of drug-likeness (QED) is 0.722. The summed E-state index contributed by atoms with van der Waals surface area (Å²) < 4.78 is 24.8. The maximum absolute atomic E-state index is 12.4. The second-order valence-corrected chi connectivity index (χ2v) is 7.58. The van der Waals surface area contributed by atoms with Crippen molar-refractivity contribution in [3.8, 4) is 5.75 Å². The highest BCUT2D eigenvalue weighted by Crippen LogP contribution is 2.20.